The van der Waals surface area contributed by atoms with Crippen LogP contribution >= 0.6 is 0 Å². The molecule has 6 nitrogen and oxygen atoms in total. The number of carbonyl (C=O) groups excluding carboxylic acids is 1. The Morgan fingerprint density at radius 2 is 1.97 bits per heavy atom. The summed E-state index contributed by atoms with van der Waals surface area (Å²) in [7, 11) is 0. The van der Waals surface area contributed by atoms with Crippen LogP contribution in [-0.4, -0.2) is 46.1 Å². The van der Waals surface area contributed by atoms with Gasteiger partial charge in [-0.15, -0.1) is 0 Å². The molecule has 1 aromatic heterocycles. The van der Waals surface area contributed by atoms with Gasteiger partial charge in [0, 0.05) is 48.5 Å². The first-order valence-electron chi connectivity index (χ1n) is 11.9. The molecule has 3 rings (SSSR count). The number of likely N-dealkylation sites (N-methyl/N-ethyl adjacent to an activating group) is 1. The summed E-state index contributed by atoms with van der Waals surface area (Å²) in [6.45, 7) is 6.34. The van der Waals surface area contributed by atoms with Crippen LogP contribution in [0.25, 0.3) is 11.4 Å². The maximum absolute atomic E-state index is 14.1. The zero-order chi connectivity index (χ0) is 26.1. The van der Waals surface area contributed by atoms with Gasteiger partial charge in [0.2, 0.25) is 0 Å². The third-order valence-corrected chi connectivity index (χ3v) is 5.92. The number of rotatable bonds is 8. The summed E-state index contributed by atoms with van der Waals surface area (Å²) in [6, 6.07) is 5.42. The van der Waals surface area contributed by atoms with E-state index in [1.54, 1.807) is 35.7 Å². The second-order valence-corrected chi connectivity index (χ2v) is 8.55. The van der Waals surface area contributed by atoms with Gasteiger partial charge < -0.3 is 10.6 Å². The molecule has 2 aromatic rings. The molecular formula is C28H31F2N5O. The molecule has 1 atom stereocenters. The molecule has 36 heavy (non-hydrogen) atoms. The number of nitrogens with zero attached hydrogens (tertiary/aromatic N) is 4. The summed E-state index contributed by atoms with van der Waals surface area (Å²) < 4.78 is 28.0. The molecule has 1 amide bonds. The molecule has 0 spiro atoms. The molecule has 188 valence electrons. The number of hydrogen-bond acceptors (Lipinski definition) is 5. The number of benzene rings is 1. The van der Waals surface area contributed by atoms with E-state index in [4.69, 9.17) is 5.73 Å². The Morgan fingerprint density at radius 1 is 1.22 bits per heavy atom. The average molecular weight is 492 g/mol. The normalized spacial score (nSPS) is 19.8. The van der Waals surface area contributed by atoms with Crippen molar-refractivity contribution in [1.29, 1.82) is 0 Å². The zero-order valence-corrected chi connectivity index (χ0v) is 20.8. The fourth-order valence-corrected chi connectivity index (χ4v) is 3.96. The van der Waals surface area contributed by atoms with E-state index in [-0.39, 0.29) is 23.3 Å². The topological polar surface area (TPSA) is 84.5 Å². The highest BCUT2D eigenvalue weighted by Crippen LogP contribution is 2.24. The second-order valence-electron chi connectivity index (χ2n) is 8.55. The van der Waals surface area contributed by atoms with Crippen LogP contribution in [0.2, 0.25) is 0 Å². The lowest BCUT2D eigenvalue weighted by Crippen LogP contribution is -2.40. The monoisotopic (exact) mass is 491 g/mol. The van der Waals surface area contributed by atoms with Crippen molar-refractivity contribution in [2.75, 3.05) is 13.1 Å². The van der Waals surface area contributed by atoms with E-state index < -0.39 is 5.82 Å². The third-order valence-electron chi connectivity index (χ3n) is 5.92. The van der Waals surface area contributed by atoms with Crippen molar-refractivity contribution in [3.8, 4) is 11.4 Å². The molecule has 8 heteroatoms. The van der Waals surface area contributed by atoms with Gasteiger partial charge in [-0.1, -0.05) is 11.6 Å². The molecule has 0 bridgehead atoms. The lowest BCUT2D eigenvalue weighted by atomic mass is 9.97. The number of nitrogens with two attached hydrogens (primary N) is 1. The number of halogens is 2. The molecule has 1 aliphatic carbocycles. The van der Waals surface area contributed by atoms with Crippen molar-refractivity contribution in [2.45, 2.75) is 39.7 Å². The van der Waals surface area contributed by atoms with Crippen molar-refractivity contribution >= 4 is 12.1 Å². The minimum Gasteiger partial charge on any atom is -0.404 e. The second kappa shape index (κ2) is 12.7. The molecule has 0 unspecified atom stereocenters. The smallest absolute Gasteiger partial charge is 0.255 e. The number of allylic oxidation sites excluding steroid dienone is 7. The van der Waals surface area contributed by atoms with E-state index in [1.807, 2.05) is 20.8 Å². The largest absolute Gasteiger partial charge is 0.404 e. The third kappa shape index (κ3) is 6.81. The molecule has 1 aromatic carbocycles. The summed E-state index contributed by atoms with van der Waals surface area (Å²) in [6.07, 6.45) is 12.3. The van der Waals surface area contributed by atoms with E-state index in [0.29, 0.717) is 42.9 Å². The Bertz CT molecular complexity index is 1230. The number of amides is 1. The molecular weight excluding hydrogens is 460 g/mol. The van der Waals surface area contributed by atoms with Gasteiger partial charge in [-0.25, -0.2) is 18.7 Å². The molecule has 2 N–H and O–H groups in total. The Labute approximate surface area is 210 Å². The molecule has 0 fully saturated rings. The fourth-order valence-electron chi connectivity index (χ4n) is 3.96. The number of aromatic nitrogens is 2. The number of aliphatic imine (C=N–C) groups is 1. The van der Waals surface area contributed by atoms with E-state index >= 15 is 0 Å². The average Bonchev–Trinajstić information content (AvgIpc) is 2.87. The van der Waals surface area contributed by atoms with Crippen molar-refractivity contribution in [3.05, 3.63) is 95.0 Å². The Hall–Kier alpha value is -3.94. The van der Waals surface area contributed by atoms with Crippen LogP contribution in [0.3, 0.4) is 0 Å². The number of hydrogen-bond donors (Lipinski definition) is 1. The van der Waals surface area contributed by atoms with Crippen LogP contribution in [0.4, 0.5) is 8.78 Å². The molecule has 0 aliphatic heterocycles. The zero-order valence-electron chi connectivity index (χ0n) is 20.8. The lowest BCUT2D eigenvalue weighted by molar-refractivity contribution is 0.0710. The summed E-state index contributed by atoms with van der Waals surface area (Å²) in [5.74, 6) is -0.799. The fraction of sp³-hybridized carbons (Fsp3) is 0.286. The van der Waals surface area contributed by atoms with Crippen molar-refractivity contribution in [2.24, 2.45) is 10.7 Å². The van der Waals surface area contributed by atoms with Gasteiger partial charge in [0.25, 0.3) is 5.91 Å². The van der Waals surface area contributed by atoms with Crippen LogP contribution in [0.5, 0.6) is 0 Å². The highest BCUT2D eigenvalue weighted by molar-refractivity contribution is 6.00. The van der Waals surface area contributed by atoms with Gasteiger partial charge in [-0.05, 0) is 75.6 Å². The Balaban J connectivity index is 1.77. The van der Waals surface area contributed by atoms with Crippen molar-refractivity contribution < 1.29 is 13.6 Å². The van der Waals surface area contributed by atoms with Gasteiger partial charge in [0.15, 0.2) is 5.82 Å². The summed E-state index contributed by atoms with van der Waals surface area (Å²) in [5, 5.41) is 0. The minimum atomic E-state index is -0.513. The number of carbonyl (C=O) groups is 1. The Kier molecular flexibility index (Phi) is 9.39. The minimum absolute atomic E-state index is 0.193. The Morgan fingerprint density at radius 3 is 2.67 bits per heavy atom. The van der Waals surface area contributed by atoms with Gasteiger partial charge in [-0.3, -0.25) is 9.79 Å². The first kappa shape index (κ1) is 26.7. The molecule has 1 heterocycles. The summed E-state index contributed by atoms with van der Waals surface area (Å²) >= 11 is 0. The predicted molar refractivity (Wildman–Crippen MR) is 139 cm³/mol. The predicted octanol–water partition coefficient (Wildman–Crippen LogP) is 5.57. The van der Waals surface area contributed by atoms with Crippen LogP contribution < -0.4 is 5.73 Å². The van der Waals surface area contributed by atoms with Gasteiger partial charge >= 0.3 is 0 Å². The summed E-state index contributed by atoms with van der Waals surface area (Å²) in [5.41, 5.74) is 9.03. The van der Waals surface area contributed by atoms with Gasteiger partial charge in [-0.2, -0.15) is 0 Å². The quantitative estimate of drug-likeness (QED) is 0.490. The van der Waals surface area contributed by atoms with E-state index in [1.165, 1.54) is 36.6 Å². The van der Waals surface area contributed by atoms with Gasteiger partial charge in [0.05, 0.1) is 12.1 Å². The molecule has 0 radical (unpaired) electrons. The maximum atomic E-state index is 14.1. The standard InChI is InChI=1S/C28H31F2N5O/c1-4-35(28(36)26-15-24(30)10-11-25(26)27-33-12-5-13-34-27)20(3)17-32-18-22(16-31)21-7-6-19(2)14-23(29)9-8-21/h5,8-16,18,20H,4,6-7,17,31H2,1-3H3/b19-14+,21-8+,22-16?,23-9+,32-18?/t20-/m0/s1. The van der Waals surface area contributed by atoms with Crippen molar-refractivity contribution in [3.63, 3.8) is 0 Å². The van der Waals surface area contributed by atoms with E-state index in [0.717, 1.165) is 11.1 Å². The van der Waals surface area contributed by atoms with E-state index in [9.17, 15) is 13.6 Å². The summed E-state index contributed by atoms with van der Waals surface area (Å²) in [4.78, 5) is 28.0. The molecule has 1 aliphatic rings. The van der Waals surface area contributed by atoms with E-state index in [2.05, 4.69) is 15.0 Å². The maximum Gasteiger partial charge on any atom is 0.255 e. The first-order chi connectivity index (χ1) is 17.3. The highest BCUT2D eigenvalue weighted by atomic mass is 19.1. The molecule has 0 saturated heterocycles. The van der Waals surface area contributed by atoms with Crippen LogP contribution in [-0.2, 0) is 0 Å². The highest BCUT2D eigenvalue weighted by Gasteiger charge is 2.24. The van der Waals surface area contributed by atoms with Crippen LogP contribution in [0, 0.1) is 5.82 Å². The first-order valence-corrected chi connectivity index (χ1v) is 11.9. The lowest BCUT2D eigenvalue weighted by Gasteiger charge is -2.28. The van der Waals surface area contributed by atoms with Crippen molar-refractivity contribution in [1.82, 2.24) is 14.9 Å². The van der Waals surface area contributed by atoms with Crippen LogP contribution in [0.15, 0.2) is 88.6 Å². The van der Waals surface area contributed by atoms with Gasteiger partial charge in [0.1, 0.15) is 11.6 Å². The SMILES string of the molecule is CCN(C(=O)c1cc(F)ccc1-c1ncccn1)[C@@H](C)CN=CC(=CN)/C1=C/C=C(F)\C=C(/C)CC1. The van der Waals surface area contributed by atoms with Crippen LogP contribution in [0.1, 0.15) is 44.0 Å². The molecule has 0 saturated carbocycles.